The monoisotopic (exact) mass is 279 g/mol. The molecule has 2 rings (SSSR count). The normalized spacial score (nSPS) is 21.6. The molecule has 0 spiro atoms. The van der Waals surface area contributed by atoms with Gasteiger partial charge in [0.1, 0.15) is 17.8 Å². The van der Waals surface area contributed by atoms with Crippen molar-refractivity contribution in [2.24, 2.45) is 10.1 Å². The quantitative estimate of drug-likeness (QED) is 0.483. The fourth-order valence-electron chi connectivity index (χ4n) is 1.50. The average molecular weight is 279 g/mol. The zero-order chi connectivity index (χ0) is 13.9. The van der Waals surface area contributed by atoms with Gasteiger partial charge in [0, 0.05) is 11.6 Å². The number of hydrogen-bond acceptors (Lipinski definition) is 7. The van der Waals surface area contributed by atoms with Gasteiger partial charge in [-0.1, -0.05) is 5.16 Å². The SMILES string of the molecule is CON=C(C(=O)O)c1csc(C2(C=O)C=CC=N2)n1. The lowest BCUT2D eigenvalue weighted by Gasteiger charge is -2.12. The lowest BCUT2D eigenvalue weighted by atomic mass is 10.1. The molecule has 0 aromatic carbocycles. The van der Waals surface area contributed by atoms with Gasteiger partial charge in [-0.15, -0.1) is 11.3 Å². The van der Waals surface area contributed by atoms with Gasteiger partial charge in [0.05, 0.1) is 0 Å². The molecule has 0 fully saturated rings. The second-order valence-corrected chi connectivity index (χ2v) is 4.40. The van der Waals surface area contributed by atoms with Crippen LogP contribution in [0, 0.1) is 0 Å². The molecule has 7 nitrogen and oxygen atoms in total. The number of rotatable bonds is 5. The summed E-state index contributed by atoms with van der Waals surface area (Å²) in [6, 6.07) is 0. The Labute approximate surface area is 111 Å². The number of carbonyl (C=O) groups excluding carboxylic acids is 1. The van der Waals surface area contributed by atoms with Crippen molar-refractivity contribution >= 4 is 35.5 Å². The van der Waals surface area contributed by atoms with E-state index in [9.17, 15) is 9.59 Å². The highest BCUT2D eigenvalue weighted by atomic mass is 32.1. The molecule has 0 aliphatic carbocycles. The molecule has 1 aromatic heterocycles. The van der Waals surface area contributed by atoms with Crippen LogP contribution < -0.4 is 0 Å². The number of aldehydes is 1. The number of aliphatic carboxylic acids is 1. The first kappa shape index (κ1) is 13.1. The van der Waals surface area contributed by atoms with Crippen LogP contribution in [0.3, 0.4) is 0 Å². The molecule has 1 aromatic rings. The van der Waals surface area contributed by atoms with Crippen LogP contribution in [0.5, 0.6) is 0 Å². The van der Waals surface area contributed by atoms with E-state index in [0.29, 0.717) is 11.3 Å². The first-order valence-corrected chi connectivity index (χ1v) is 6.01. The fraction of sp³-hybridized carbons (Fsp3) is 0.182. The molecule has 0 radical (unpaired) electrons. The molecule has 8 heteroatoms. The van der Waals surface area contributed by atoms with E-state index in [2.05, 4.69) is 20.0 Å². The third kappa shape index (κ3) is 2.29. The summed E-state index contributed by atoms with van der Waals surface area (Å²) in [6.07, 6.45) is 5.38. The first-order valence-electron chi connectivity index (χ1n) is 5.13. The Morgan fingerprint density at radius 2 is 2.42 bits per heavy atom. The van der Waals surface area contributed by atoms with Crippen LogP contribution in [0.1, 0.15) is 10.7 Å². The van der Waals surface area contributed by atoms with Gasteiger partial charge in [-0.2, -0.15) is 0 Å². The van der Waals surface area contributed by atoms with Crippen molar-refractivity contribution in [1.82, 2.24) is 4.98 Å². The summed E-state index contributed by atoms with van der Waals surface area (Å²) in [7, 11) is 1.24. The highest BCUT2D eigenvalue weighted by Crippen LogP contribution is 2.30. The Balaban J connectivity index is 2.41. The Morgan fingerprint density at radius 3 is 2.95 bits per heavy atom. The first-order chi connectivity index (χ1) is 9.13. The van der Waals surface area contributed by atoms with Crippen molar-refractivity contribution in [3.8, 4) is 0 Å². The molecule has 1 aliphatic rings. The number of oxime groups is 1. The Kier molecular flexibility index (Phi) is 3.52. The minimum absolute atomic E-state index is 0.131. The number of allylic oxidation sites excluding steroid dienone is 1. The summed E-state index contributed by atoms with van der Waals surface area (Å²) in [6.45, 7) is 0. The van der Waals surface area contributed by atoms with Crippen LogP contribution in [0.15, 0.2) is 27.7 Å². The lowest BCUT2D eigenvalue weighted by molar-refractivity contribution is -0.129. The maximum absolute atomic E-state index is 11.2. The zero-order valence-corrected chi connectivity index (χ0v) is 10.6. The molecule has 0 bridgehead atoms. The van der Waals surface area contributed by atoms with E-state index >= 15 is 0 Å². The highest BCUT2D eigenvalue weighted by molar-refractivity contribution is 7.10. The molecule has 2 heterocycles. The fourth-order valence-corrected chi connectivity index (χ4v) is 2.40. The van der Waals surface area contributed by atoms with Crippen LogP contribution in [-0.4, -0.2) is 41.4 Å². The van der Waals surface area contributed by atoms with E-state index in [0.717, 1.165) is 11.3 Å². The van der Waals surface area contributed by atoms with E-state index in [1.165, 1.54) is 18.7 Å². The molecule has 1 N–H and O–H groups in total. The third-order valence-electron chi connectivity index (χ3n) is 2.38. The summed E-state index contributed by atoms with van der Waals surface area (Å²) in [5.74, 6) is -1.26. The molecule has 0 saturated carbocycles. The number of nitrogens with zero attached hydrogens (tertiary/aromatic N) is 3. The Hall–Kier alpha value is -2.35. The van der Waals surface area contributed by atoms with Crippen molar-refractivity contribution in [3.63, 3.8) is 0 Å². The van der Waals surface area contributed by atoms with Crippen molar-refractivity contribution in [2.75, 3.05) is 7.11 Å². The lowest BCUT2D eigenvalue weighted by Crippen LogP contribution is -2.21. The van der Waals surface area contributed by atoms with Crippen molar-refractivity contribution in [3.05, 3.63) is 28.2 Å². The number of carboxylic acids is 1. The van der Waals surface area contributed by atoms with E-state index < -0.39 is 11.5 Å². The standard InChI is InChI=1S/C11H9N3O4S/c1-18-14-8(9(16)17)7-5-19-10(13-7)11(6-15)3-2-4-12-11/h2-6H,1H3,(H,16,17). The number of aromatic nitrogens is 1. The number of carboxylic acid groups (broad SMARTS) is 1. The number of thiazole rings is 1. The van der Waals surface area contributed by atoms with E-state index in [-0.39, 0.29) is 11.4 Å². The van der Waals surface area contributed by atoms with Crippen molar-refractivity contribution in [2.45, 2.75) is 5.54 Å². The van der Waals surface area contributed by atoms with Crippen molar-refractivity contribution in [1.29, 1.82) is 0 Å². The topological polar surface area (TPSA) is 101 Å². The molecule has 0 amide bonds. The van der Waals surface area contributed by atoms with Gasteiger partial charge in [0.25, 0.3) is 0 Å². The van der Waals surface area contributed by atoms with Gasteiger partial charge in [-0.05, 0) is 12.2 Å². The Morgan fingerprint density at radius 1 is 1.63 bits per heavy atom. The average Bonchev–Trinajstić information content (AvgIpc) is 3.04. The molecule has 1 aliphatic heterocycles. The summed E-state index contributed by atoms with van der Waals surface area (Å²) < 4.78 is 0. The van der Waals surface area contributed by atoms with Gasteiger partial charge in [0.15, 0.2) is 11.8 Å². The number of carbonyl (C=O) groups is 2. The van der Waals surface area contributed by atoms with E-state index in [1.54, 1.807) is 12.2 Å². The van der Waals surface area contributed by atoms with Gasteiger partial charge in [0.2, 0.25) is 5.71 Å². The molecule has 1 unspecified atom stereocenters. The van der Waals surface area contributed by atoms with Crippen LogP contribution in [0.4, 0.5) is 0 Å². The minimum atomic E-state index is -1.26. The van der Waals surface area contributed by atoms with Crippen LogP contribution in [-0.2, 0) is 20.0 Å². The zero-order valence-electron chi connectivity index (χ0n) is 9.81. The van der Waals surface area contributed by atoms with Gasteiger partial charge >= 0.3 is 5.97 Å². The molecule has 98 valence electrons. The number of aliphatic imine (C=N–C) groups is 1. The smallest absolute Gasteiger partial charge is 0.360 e. The largest absolute Gasteiger partial charge is 0.476 e. The Bertz CT molecular complexity index is 591. The van der Waals surface area contributed by atoms with Gasteiger partial charge in [-0.3, -0.25) is 9.79 Å². The maximum Gasteiger partial charge on any atom is 0.360 e. The van der Waals surface area contributed by atoms with Gasteiger partial charge < -0.3 is 9.94 Å². The van der Waals surface area contributed by atoms with Crippen LogP contribution >= 0.6 is 11.3 Å². The van der Waals surface area contributed by atoms with Gasteiger partial charge in [-0.25, -0.2) is 9.78 Å². The molecular formula is C11H9N3O4S. The highest BCUT2D eigenvalue weighted by Gasteiger charge is 2.34. The summed E-state index contributed by atoms with van der Waals surface area (Å²) >= 11 is 1.13. The van der Waals surface area contributed by atoms with Crippen molar-refractivity contribution < 1.29 is 19.5 Å². The maximum atomic E-state index is 11.2. The second kappa shape index (κ2) is 5.11. The summed E-state index contributed by atoms with van der Waals surface area (Å²) in [5, 5.41) is 14.3. The summed E-state index contributed by atoms with van der Waals surface area (Å²) in [5.41, 5.74) is -1.34. The van der Waals surface area contributed by atoms with E-state index in [4.69, 9.17) is 5.11 Å². The second-order valence-electron chi connectivity index (χ2n) is 3.55. The number of hydrogen-bond donors (Lipinski definition) is 1. The predicted octanol–water partition coefficient (Wildman–Crippen LogP) is 0.613. The molecular weight excluding hydrogens is 270 g/mol. The molecule has 19 heavy (non-hydrogen) atoms. The summed E-state index contributed by atoms with van der Waals surface area (Å²) in [4.78, 5) is 34.8. The molecule has 1 atom stereocenters. The van der Waals surface area contributed by atoms with Crippen LogP contribution in [0.25, 0.3) is 0 Å². The predicted molar refractivity (Wildman–Crippen MR) is 68.7 cm³/mol. The van der Waals surface area contributed by atoms with Crippen LogP contribution in [0.2, 0.25) is 0 Å². The third-order valence-corrected chi connectivity index (χ3v) is 3.36. The van der Waals surface area contributed by atoms with E-state index in [1.807, 2.05) is 0 Å². The minimum Gasteiger partial charge on any atom is -0.476 e. The molecule has 0 saturated heterocycles.